The second-order valence-corrected chi connectivity index (χ2v) is 2.58. The van der Waals surface area contributed by atoms with Gasteiger partial charge in [-0.25, -0.2) is 5.32 Å². The van der Waals surface area contributed by atoms with Gasteiger partial charge in [-0.1, -0.05) is 0 Å². The van der Waals surface area contributed by atoms with Gasteiger partial charge >= 0.3 is 0 Å². The minimum Gasteiger partial charge on any atom is -0.277 e. The van der Waals surface area contributed by atoms with E-state index in [4.69, 9.17) is 0 Å². The number of allylic oxidation sites excluding steroid dienone is 3. The Bertz CT molecular complexity index is 238. The molecule has 1 N–H and O–H groups in total. The topological polar surface area (TPSA) is 29.1 Å². The summed E-state index contributed by atoms with van der Waals surface area (Å²) in [5, 5.41) is 2.94. The van der Waals surface area contributed by atoms with E-state index in [9.17, 15) is 4.79 Å². The second-order valence-electron chi connectivity index (χ2n) is 2.58. The van der Waals surface area contributed by atoms with Crippen LogP contribution in [0.5, 0.6) is 0 Å². The number of nitrogens with one attached hydrogen (secondary N) is 1. The number of carbonyl (C=O) groups is 1. The predicted octanol–water partition coefficient (Wildman–Crippen LogP) is 0.914. The first-order valence-corrected chi connectivity index (χ1v) is 3.49. The van der Waals surface area contributed by atoms with Crippen molar-refractivity contribution in [3.63, 3.8) is 0 Å². The fourth-order valence-corrected chi connectivity index (χ4v) is 1.36. The summed E-state index contributed by atoms with van der Waals surface area (Å²) in [6, 6.07) is 0. The van der Waals surface area contributed by atoms with Gasteiger partial charge in [0.05, 0.1) is 0 Å². The van der Waals surface area contributed by atoms with E-state index in [2.05, 4.69) is 11.5 Å². The Balaban J connectivity index is 2.37. The molecule has 0 unspecified atom stereocenters. The zero-order valence-electron chi connectivity index (χ0n) is 5.61. The van der Waals surface area contributed by atoms with Gasteiger partial charge in [-0.05, 0) is 6.42 Å². The quantitative estimate of drug-likeness (QED) is 0.499. The van der Waals surface area contributed by atoms with Crippen molar-refractivity contribution in [1.29, 1.82) is 0 Å². The summed E-state index contributed by atoms with van der Waals surface area (Å²) in [7, 11) is 0. The number of Topliss-reactive ketones (excluding diaryl/α,β-unsaturated/α-hetero) is 1. The lowest BCUT2D eigenvalue weighted by molar-refractivity contribution is -0.115. The van der Waals surface area contributed by atoms with Crippen LogP contribution in [0.15, 0.2) is 17.3 Å². The van der Waals surface area contributed by atoms with Gasteiger partial charge in [0.1, 0.15) is 12.3 Å². The van der Waals surface area contributed by atoms with Crippen LogP contribution in [0.3, 0.4) is 0 Å². The zero-order valence-corrected chi connectivity index (χ0v) is 5.61. The normalized spacial score (nSPS) is 22.2. The molecule has 0 radical (unpaired) electrons. The first kappa shape index (κ1) is 5.63. The predicted molar refractivity (Wildman–Crippen MR) is 36.8 cm³/mol. The van der Waals surface area contributed by atoms with Crippen LogP contribution < -0.4 is 5.32 Å². The van der Waals surface area contributed by atoms with Crippen LogP contribution in [0, 0.1) is 6.20 Å². The molecule has 0 saturated carbocycles. The van der Waals surface area contributed by atoms with E-state index < -0.39 is 0 Å². The van der Waals surface area contributed by atoms with Crippen LogP contribution in [0.4, 0.5) is 0 Å². The van der Waals surface area contributed by atoms with Crippen molar-refractivity contribution in [2.24, 2.45) is 0 Å². The molecule has 2 heteroatoms. The fourth-order valence-electron chi connectivity index (χ4n) is 1.36. The Labute approximate surface area is 59.6 Å². The van der Waals surface area contributed by atoms with Gasteiger partial charge in [0.2, 0.25) is 5.78 Å². The van der Waals surface area contributed by atoms with E-state index in [0.717, 1.165) is 24.1 Å². The Kier molecular flexibility index (Phi) is 1.08. The van der Waals surface area contributed by atoms with Crippen LogP contribution in [0.1, 0.15) is 19.3 Å². The molecule has 2 rings (SSSR count). The molecule has 0 bridgehead atoms. The van der Waals surface area contributed by atoms with Crippen LogP contribution in [-0.4, -0.2) is 5.78 Å². The van der Waals surface area contributed by atoms with Crippen molar-refractivity contribution in [2.75, 3.05) is 0 Å². The molecule has 1 aliphatic heterocycles. The number of carbonyl (C=O) groups excluding carboxylic acids is 1. The van der Waals surface area contributed by atoms with Crippen molar-refractivity contribution in [3.8, 4) is 0 Å². The molecule has 0 aromatic heterocycles. The Morgan fingerprint density at radius 2 is 2.40 bits per heavy atom. The molecule has 0 fully saturated rings. The SMILES string of the molecule is O=C1CCCC2=C1C=[C+]N2. The monoisotopic (exact) mass is 134 g/mol. The third-order valence-corrected chi connectivity index (χ3v) is 1.90. The van der Waals surface area contributed by atoms with E-state index in [0.29, 0.717) is 6.42 Å². The van der Waals surface area contributed by atoms with E-state index in [1.807, 2.05) is 0 Å². The van der Waals surface area contributed by atoms with Gasteiger partial charge in [-0.3, -0.25) is 4.79 Å². The highest BCUT2D eigenvalue weighted by atomic mass is 16.1. The first-order valence-electron chi connectivity index (χ1n) is 3.49. The molecular formula is C8H8NO+. The third kappa shape index (κ3) is 0.662. The number of ketones is 1. The van der Waals surface area contributed by atoms with Crippen LogP contribution >= 0.6 is 0 Å². The molecule has 0 aromatic rings. The van der Waals surface area contributed by atoms with Crippen molar-refractivity contribution < 1.29 is 4.79 Å². The molecule has 2 aliphatic rings. The van der Waals surface area contributed by atoms with Crippen molar-refractivity contribution in [1.82, 2.24) is 5.32 Å². The lowest BCUT2D eigenvalue weighted by Crippen LogP contribution is -2.12. The van der Waals surface area contributed by atoms with Crippen molar-refractivity contribution >= 4 is 5.78 Å². The number of hydrogen-bond donors (Lipinski definition) is 1. The largest absolute Gasteiger partial charge is 0.277 e. The van der Waals surface area contributed by atoms with Gasteiger partial charge < -0.3 is 0 Å². The highest BCUT2D eigenvalue weighted by molar-refractivity contribution is 5.99. The van der Waals surface area contributed by atoms with Gasteiger partial charge in [0.25, 0.3) is 0 Å². The number of rotatable bonds is 0. The standard InChI is InChI=1S/C8H7NO/c10-8-3-1-2-7-6(8)4-5-9-7/h4H,1-3H2/p+1. The molecule has 1 aliphatic carbocycles. The van der Waals surface area contributed by atoms with Gasteiger partial charge in [0, 0.05) is 12.8 Å². The summed E-state index contributed by atoms with van der Waals surface area (Å²) < 4.78 is 0. The molecule has 10 heavy (non-hydrogen) atoms. The van der Waals surface area contributed by atoms with Gasteiger partial charge in [-0.15, -0.1) is 0 Å². The molecule has 1 heterocycles. The average molecular weight is 134 g/mol. The van der Waals surface area contributed by atoms with Crippen molar-refractivity contribution in [2.45, 2.75) is 19.3 Å². The summed E-state index contributed by atoms with van der Waals surface area (Å²) in [4.78, 5) is 11.1. The molecule has 0 aromatic carbocycles. The summed E-state index contributed by atoms with van der Waals surface area (Å²) in [6.45, 7) is 0. The number of hydrogen-bond acceptors (Lipinski definition) is 2. The zero-order chi connectivity index (χ0) is 6.97. The minimum atomic E-state index is 0.263. The van der Waals surface area contributed by atoms with E-state index in [1.54, 1.807) is 6.08 Å². The summed E-state index contributed by atoms with van der Waals surface area (Å²) in [6.07, 6.45) is 7.27. The molecule has 0 saturated heterocycles. The van der Waals surface area contributed by atoms with Crippen LogP contribution in [-0.2, 0) is 4.79 Å². The highest BCUT2D eigenvalue weighted by Gasteiger charge is 2.30. The van der Waals surface area contributed by atoms with Crippen molar-refractivity contribution in [3.05, 3.63) is 23.5 Å². The lowest BCUT2D eigenvalue weighted by atomic mass is 9.97. The first-order chi connectivity index (χ1) is 4.88. The average Bonchev–Trinajstić information content (AvgIpc) is 2.36. The maximum atomic E-state index is 11.1. The Morgan fingerprint density at radius 3 is 3.20 bits per heavy atom. The third-order valence-electron chi connectivity index (χ3n) is 1.90. The summed E-state index contributed by atoms with van der Waals surface area (Å²) in [5.41, 5.74) is 1.92. The van der Waals surface area contributed by atoms with Crippen LogP contribution in [0.25, 0.3) is 0 Å². The van der Waals surface area contributed by atoms with E-state index in [1.165, 1.54) is 0 Å². The smallest absolute Gasteiger partial charge is 0.232 e. The fraction of sp³-hybridized carbons (Fsp3) is 0.375. The highest BCUT2D eigenvalue weighted by Crippen LogP contribution is 2.23. The van der Waals surface area contributed by atoms with Crippen LogP contribution in [0.2, 0.25) is 0 Å². The van der Waals surface area contributed by atoms with E-state index in [-0.39, 0.29) is 5.78 Å². The molecule has 50 valence electrons. The van der Waals surface area contributed by atoms with E-state index >= 15 is 0 Å². The maximum absolute atomic E-state index is 11.1. The molecule has 0 atom stereocenters. The molecule has 0 spiro atoms. The van der Waals surface area contributed by atoms with Gasteiger partial charge in [-0.2, -0.15) is 0 Å². The molecule has 2 nitrogen and oxygen atoms in total. The molecule has 0 amide bonds. The summed E-state index contributed by atoms with van der Waals surface area (Å²) >= 11 is 0. The Hall–Kier alpha value is -1.14. The second kappa shape index (κ2) is 1.93. The minimum absolute atomic E-state index is 0.263. The lowest BCUT2D eigenvalue weighted by Gasteiger charge is -2.02. The molecular weight excluding hydrogens is 126 g/mol. The maximum Gasteiger partial charge on any atom is 0.232 e. The summed E-state index contributed by atoms with van der Waals surface area (Å²) in [5.74, 6) is 0.263. The van der Waals surface area contributed by atoms with Gasteiger partial charge in [0.15, 0.2) is 11.3 Å². The Morgan fingerprint density at radius 1 is 1.50 bits per heavy atom.